The molecule has 1 heterocycles. The van der Waals surface area contributed by atoms with Crippen LogP contribution in [0.5, 0.6) is 17.2 Å². The lowest BCUT2D eigenvalue weighted by molar-refractivity contribution is 0.324. The number of rotatable bonds is 6. The second-order valence-corrected chi connectivity index (χ2v) is 6.62. The average Bonchev–Trinajstić information content (AvgIpc) is 3.06. The summed E-state index contributed by atoms with van der Waals surface area (Å²) >= 11 is 5.36. The second kappa shape index (κ2) is 8.35. The fourth-order valence-electron chi connectivity index (χ4n) is 3.34. The lowest BCUT2D eigenvalue weighted by Gasteiger charge is -2.19. The van der Waals surface area contributed by atoms with Crippen molar-refractivity contribution in [2.24, 2.45) is 5.10 Å². The molecule has 1 saturated carbocycles. The van der Waals surface area contributed by atoms with E-state index in [-0.39, 0.29) is 0 Å². The Labute approximate surface area is 158 Å². The van der Waals surface area contributed by atoms with Gasteiger partial charge in [-0.1, -0.05) is 19.3 Å². The summed E-state index contributed by atoms with van der Waals surface area (Å²) < 4.78 is 18.3. The molecule has 0 spiro atoms. The van der Waals surface area contributed by atoms with Gasteiger partial charge in [-0.15, -0.1) is 0 Å². The quantitative estimate of drug-likeness (QED) is 0.611. The Hall–Kier alpha value is -2.35. The molecule has 8 heteroatoms. The fraction of sp³-hybridized carbons (Fsp3) is 0.500. The Morgan fingerprint density at radius 2 is 1.77 bits per heavy atom. The van der Waals surface area contributed by atoms with E-state index in [0.717, 1.165) is 24.2 Å². The van der Waals surface area contributed by atoms with E-state index in [2.05, 4.69) is 15.3 Å². The summed E-state index contributed by atoms with van der Waals surface area (Å²) in [6.07, 6.45) is 7.71. The summed E-state index contributed by atoms with van der Waals surface area (Å²) in [5, 5.41) is 11.8. The molecule has 0 aliphatic heterocycles. The number of H-pyrrole nitrogens is 1. The van der Waals surface area contributed by atoms with Crippen LogP contribution in [0, 0.1) is 4.77 Å². The monoisotopic (exact) mass is 376 g/mol. The molecule has 26 heavy (non-hydrogen) atoms. The van der Waals surface area contributed by atoms with Crippen LogP contribution in [0.15, 0.2) is 17.2 Å². The van der Waals surface area contributed by atoms with Crippen molar-refractivity contribution in [2.45, 2.75) is 38.0 Å². The molecular weight excluding hydrogens is 352 g/mol. The van der Waals surface area contributed by atoms with Gasteiger partial charge in [-0.05, 0) is 37.2 Å². The van der Waals surface area contributed by atoms with Crippen molar-refractivity contribution >= 4 is 18.4 Å². The zero-order valence-corrected chi connectivity index (χ0v) is 16.1. The fourth-order valence-corrected chi connectivity index (χ4v) is 3.53. The van der Waals surface area contributed by atoms with Crippen LogP contribution in [-0.2, 0) is 0 Å². The summed E-state index contributed by atoms with van der Waals surface area (Å²) in [6.45, 7) is 0. The van der Waals surface area contributed by atoms with Crippen molar-refractivity contribution in [1.82, 2.24) is 14.9 Å². The Morgan fingerprint density at radius 3 is 2.35 bits per heavy atom. The van der Waals surface area contributed by atoms with Crippen molar-refractivity contribution in [3.63, 3.8) is 0 Å². The first-order valence-corrected chi connectivity index (χ1v) is 9.10. The first-order valence-electron chi connectivity index (χ1n) is 8.69. The van der Waals surface area contributed by atoms with Crippen LogP contribution in [0.25, 0.3) is 0 Å². The van der Waals surface area contributed by atoms with Gasteiger partial charge < -0.3 is 14.2 Å². The third-order valence-corrected chi connectivity index (χ3v) is 4.92. The minimum Gasteiger partial charge on any atom is -0.493 e. The van der Waals surface area contributed by atoms with Crippen LogP contribution in [0.4, 0.5) is 0 Å². The van der Waals surface area contributed by atoms with E-state index >= 15 is 0 Å². The highest BCUT2D eigenvalue weighted by molar-refractivity contribution is 7.71. The minimum atomic E-state index is 0.397. The number of hydrogen-bond donors (Lipinski definition) is 1. The molecule has 1 aliphatic rings. The maximum Gasteiger partial charge on any atom is 0.216 e. The van der Waals surface area contributed by atoms with E-state index in [1.54, 1.807) is 32.2 Å². The zero-order valence-electron chi connectivity index (χ0n) is 15.3. The maximum atomic E-state index is 5.39. The molecule has 1 aromatic carbocycles. The van der Waals surface area contributed by atoms with Gasteiger partial charge in [0.15, 0.2) is 17.3 Å². The highest BCUT2D eigenvalue weighted by Crippen LogP contribution is 2.38. The first kappa shape index (κ1) is 18.4. The Bertz CT molecular complexity index is 812. The van der Waals surface area contributed by atoms with E-state index in [1.165, 1.54) is 19.3 Å². The molecule has 1 aliphatic carbocycles. The number of aromatic amines is 1. The molecule has 0 unspecified atom stereocenters. The van der Waals surface area contributed by atoms with Crippen molar-refractivity contribution in [3.05, 3.63) is 28.3 Å². The summed E-state index contributed by atoms with van der Waals surface area (Å²) in [6, 6.07) is 3.68. The van der Waals surface area contributed by atoms with Gasteiger partial charge in [0.2, 0.25) is 10.5 Å². The SMILES string of the molecule is COc1cc(/C=N/n2c(C3CCCCC3)n[nH]c2=S)cc(OC)c1OC. The summed E-state index contributed by atoms with van der Waals surface area (Å²) in [4.78, 5) is 0. The van der Waals surface area contributed by atoms with E-state index in [9.17, 15) is 0 Å². The topological polar surface area (TPSA) is 73.7 Å². The zero-order chi connectivity index (χ0) is 18.5. The number of nitrogens with zero attached hydrogens (tertiary/aromatic N) is 3. The van der Waals surface area contributed by atoms with Crippen molar-refractivity contribution in [2.75, 3.05) is 21.3 Å². The number of ether oxygens (including phenoxy) is 3. The predicted octanol–water partition coefficient (Wildman–Crippen LogP) is 3.90. The van der Waals surface area contributed by atoms with Crippen LogP contribution in [0.3, 0.4) is 0 Å². The molecule has 140 valence electrons. The third kappa shape index (κ3) is 3.75. The van der Waals surface area contributed by atoms with Gasteiger partial charge in [-0.2, -0.15) is 14.9 Å². The molecule has 0 saturated heterocycles. The van der Waals surface area contributed by atoms with Crippen LogP contribution in [0.2, 0.25) is 0 Å². The normalized spacial score (nSPS) is 15.3. The lowest BCUT2D eigenvalue weighted by atomic mass is 9.89. The van der Waals surface area contributed by atoms with Gasteiger partial charge >= 0.3 is 0 Å². The van der Waals surface area contributed by atoms with Gasteiger partial charge in [0.05, 0.1) is 27.5 Å². The van der Waals surface area contributed by atoms with Crippen molar-refractivity contribution < 1.29 is 14.2 Å². The lowest BCUT2D eigenvalue weighted by Crippen LogP contribution is -2.10. The van der Waals surface area contributed by atoms with Gasteiger partial charge in [0.25, 0.3) is 0 Å². The number of methoxy groups -OCH3 is 3. The molecule has 7 nitrogen and oxygen atoms in total. The third-order valence-electron chi connectivity index (χ3n) is 4.66. The van der Waals surface area contributed by atoms with Crippen molar-refractivity contribution in [1.29, 1.82) is 0 Å². The summed E-state index contributed by atoms with van der Waals surface area (Å²) in [5.41, 5.74) is 0.817. The van der Waals surface area contributed by atoms with E-state index in [4.69, 9.17) is 26.4 Å². The Morgan fingerprint density at radius 1 is 1.12 bits per heavy atom. The molecule has 1 N–H and O–H groups in total. The molecule has 1 aromatic heterocycles. The van der Waals surface area contributed by atoms with Crippen LogP contribution < -0.4 is 14.2 Å². The van der Waals surface area contributed by atoms with Gasteiger partial charge in [0, 0.05) is 11.5 Å². The van der Waals surface area contributed by atoms with Gasteiger partial charge in [0.1, 0.15) is 0 Å². The standard InChI is InChI=1S/C18H24N4O3S/c1-23-14-9-12(10-15(24-2)16(14)25-3)11-19-22-17(20-21-18(22)26)13-7-5-4-6-8-13/h9-11,13H,4-8H2,1-3H3,(H,21,26)/b19-11+. The molecule has 2 aromatic rings. The van der Waals surface area contributed by atoms with E-state index in [0.29, 0.717) is 27.9 Å². The highest BCUT2D eigenvalue weighted by atomic mass is 32.1. The predicted molar refractivity (Wildman–Crippen MR) is 102 cm³/mol. The molecule has 3 rings (SSSR count). The smallest absolute Gasteiger partial charge is 0.216 e. The molecule has 1 fully saturated rings. The summed E-state index contributed by atoms with van der Waals surface area (Å²) in [7, 11) is 4.76. The van der Waals surface area contributed by atoms with E-state index in [1.807, 2.05) is 12.1 Å². The molecular formula is C18H24N4O3S. The molecule has 0 radical (unpaired) electrons. The molecule has 0 atom stereocenters. The Balaban J connectivity index is 1.93. The number of nitrogens with one attached hydrogen (secondary N) is 1. The van der Waals surface area contributed by atoms with Crippen molar-refractivity contribution in [3.8, 4) is 17.2 Å². The maximum absolute atomic E-state index is 5.39. The second-order valence-electron chi connectivity index (χ2n) is 6.24. The van der Waals surface area contributed by atoms with Gasteiger partial charge in [-0.3, -0.25) is 5.10 Å². The number of benzene rings is 1. The van der Waals surface area contributed by atoms with Crippen LogP contribution in [-0.4, -0.2) is 42.4 Å². The largest absolute Gasteiger partial charge is 0.493 e. The van der Waals surface area contributed by atoms with E-state index < -0.39 is 0 Å². The minimum absolute atomic E-state index is 0.397. The van der Waals surface area contributed by atoms with Gasteiger partial charge in [-0.25, -0.2) is 0 Å². The first-order chi connectivity index (χ1) is 12.7. The summed E-state index contributed by atoms with van der Waals surface area (Å²) in [5.74, 6) is 3.01. The molecule has 0 bridgehead atoms. The average molecular weight is 376 g/mol. The number of aromatic nitrogens is 3. The molecule has 0 amide bonds. The highest BCUT2D eigenvalue weighted by Gasteiger charge is 2.21. The Kier molecular flexibility index (Phi) is 5.92. The van der Waals surface area contributed by atoms with Crippen LogP contribution in [0.1, 0.15) is 49.4 Å². The number of hydrogen-bond acceptors (Lipinski definition) is 6. The van der Waals surface area contributed by atoms with Crippen LogP contribution >= 0.6 is 12.2 Å².